The molecule has 11 heteroatoms. The highest BCUT2D eigenvalue weighted by Gasteiger charge is 2.54. The molecule has 2 aromatic carbocycles. The molecule has 0 heterocycles. The molecule has 2 saturated carbocycles. The van der Waals surface area contributed by atoms with Crippen molar-refractivity contribution in [3.8, 4) is 0 Å². The minimum atomic E-state index is -3.96. The number of carbonyl (C=O) groups excluding carboxylic acids is 1. The van der Waals surface area contributed by atoms with Crippen LogP contribution in [0.4, 0.5) is 24.5 Å². The molecular formula is C24H27F3N2O5S. The van der Waals surface area contributed by atoms with Crippen LogP contribution in [0, 0.1) is 29.3 Å². The number of rotatable bonds is 6. The fraction of sp³-hybridized carbons (Fsp3) is 0.458. The summed E-state index contributed by atoms with van der Waals surface area (Å²) in [5.41, 5.74) is -1.32. The van der Waals surface area contributed by atoms with Crippen LogP contribution in [-0.4, -0.2) is 56.1 Å². The smallest absolute Gasteiger partial charge is 0.255 e. The minimum Gasteiger partial charge on any atom is -0.393 e. The highest BCUT2D eigenvalue weighted by molar-refractivity contribution is 7.92. The second kappa shape index (κ2) is 9.11. The molecule has 35 heavy (non-hydrogen) atoms. The second-order valence-corrected chi connectivity index (χ2v) is 11.8. The van der Waals surface area contributed by atoms with Crippen LogP contribution in [0.1, 0.15) is 36.0 Å². The number of nitrogens with one attached hydrogen (secondary N) is 1. The molecule has 0 radical (unpaired) electrons. The van der Waals surface area contributed by atoms with E-state index in [-0.39, 0.29) is 40.8 Å². The number of benzene rings is 2. The van der Waals surface area contributed by atoms with E-state index in [1.165, 1.54) is 18.2 Å². The third-order valence-corrected chi connectivity index (χ3v) is 9.45. The molecule has 0 spiro atoms. The third-order valence-electron chi connectivity index (χ3n) is 7.03. The first kappa shape index (κ1) is 25.5. The van der Waals surface area contributed by atoms with Gasteiger partial charge in [-0.15, -0.1) is 0 Å². The van der Waals surface area contributed by atoms with Crippen LogP contribution in [0.15, 0.2) is 35.2 Å². The molecular weight excluding hydrogens is 485 g/mol. The maximum absolute atomic E-state index is 13.9. The average Bonchev–Trinajstić information content (AvgIpc) is 3.10. The highest BCUT2D eigenvalue weighted by Crippen LogP contribution is 2.51. The Kier molecular flexibility index (Phi) is 6.62. The lowest BCUT2D eigenvalue weighted by molar-refractivity contribution is -0.0597. The molecule has 4 rings (SSSR count). The van der Waals surface area contributed by atoms with E-state index in [1.807, 2.05) is 0 Å². The van der Waals surface area contributed by atoms with Crippen molar-refractivity contribution in [1.82, 2.24) is 0 Å². The van der Waals surface area contributed by atoms with Gasteiger partial charge >= 0.3 is 0 Å². The van der Waals surface area contributed by atoms with Gasteiger partial charge in [0.15, 0.2) is 27.3 Å². The Morgan fingerprint density at radius 2 is 1.66 bits per heavy atom. The summed E-state index contributed by atoms with van der Waals surface area (Å²) in [6.45, 7) is -0.435. The minimum absolute atomic E-state index is 0.0608. The average molecular weight is 513 g/mol. The molecule has 2 bridgehead atoms. The van der Waals surface area contributed by atoms with E-state index in [0.717, 1.165) is 0 Å². The normalized spacial score (nSPS) is 26.0. The molecule has 0 aromatic heterocycles. The number of hydrogen-bond acceptors (Lipinski definition) is 6. The maximum Gasteiger partial charge on any atom is 0.255 e. The first-order valence-corrected chi connectivity index (χ1v) is 12.8. The van der Waals surface area contributed by atoms with Crippen molar-refractivity contribution in [3.63, 3.8) is 0 Å². The summed E-state index contributed by atoms with van der Waals surface area (Å²) in [5.74, 6) is -6.10. The van der Waals surface area contributed by atoms with Crippen molar-refractivity contribution in [1.29, 1.82) is 0 Å². The molecule has 2 fully saturated rings. The standard InChI is InChI=1S/C24H27F3N2O5S/c1-29(2)19-6-5-13(23(31)28-16-8-17(25)21(27)18(26)9-16)7-20(19)35(33,34)22-14-3-4-15(22)11-24(32,10-14)12-30/h5-9,14-15,22,30,32H,3-4,10-12H2,1-2H3,(H,28,31)/t14?,15?,22-,24-. The van der Waals surface area contributed by atoms with Crippen LogP contribution >= 0.6 is 0 Å². The lowest BCUT2D eigenvalue weighted by atomic mass is 9.77. The van der Waals surface area contributed by atoms with Crippen molar-refractivity contribution >= 4 is 27.1 Å². The summed E-state index contributed by atoms with van der Waals surface area (Å²) >= 11 is 0. The molecule has 7 nitrogen and oxygen atoms in total. The van der Waals surface area contributed by atoms with Gasteiger partial charge in [-0.3, -0.25) is 4.79 Å². The summed E-state index contributed by atoms with van der Waals surface area (Å²) in [5, 5.41) is 21.7. The van der Waals surface area contributed by atoms with Gasteiger partial charge in [0, 0.05) is 37.5 Å². The number of carbonyl (C=O) groups is 1. The topological polar surface area (TPSA) is 107 Å². The van der Waals surface area contributed by atoms with E-state index < -0.39 is 50.7 Å². The van der Waals surface area contributed by atoms with Crippen molar-refractivity contribution < 1.29 is 36.6 Å². The van der Waals surface area contributed by atoms with E-state index in [2.05, 4.69) is 5.32 Å². The number of fused-ring (bicyclic) bond motifs is 2. The van der Waals surface area contributed by atoms with Crippen LogP contribution in [0.2, 0.25) is 0 Å². The lowest BCUT2D eigenvalue weighted by Gasteiger charge is -2.40. The van der Waals surface area contributed by atoms with Gasteiger partial charge in [-0.2, -0.15) is 0 Å². The Morgan fingerprint density at radius 3 is 2.17 bits per heavy atom. The number of halogens is 3. The van der Waals surface area contributed by atoms with Crippen molar-refractivity contribution in [2.24, 2.45) is 11.8 Å². The number of hydrogen-bond donors (Lipinski definition) is 3. The number of amides is 1. The Balaban J connectivity index is 1.69. The van der Waals surface area contributed by atoms with Gasteiger partial charge in [0.05, 0.1) is 28.0 Å². The van der Waals surface area contributed by atoms with Gasteiger partial charge in [-0.1, -0.05) is 0 Å². The van der Waals surface area contributed by atoms with Gasteiger partial charge in [0.1, 0.15) is 0 Å². The molecule has 2 aliphatic carbocycles. The van der Waals surface area contributed by atoms with E-state index >= 15 is 0 Å². The molecule has 0 aliphatic heterocycles. The zero-order valence-electron chi connectivity index (χ0n) is 19.3. The summed E-state index contributed by atoms with van der Waals surface area (Å²) in [4.78, 5) is 14.3. The van der Waals surface area contributed by atoms with Gasteiger partial charge in [0.2, 0.25) is 0 Å². The maximum atomic E-state index is 13.9. The predicted molar refractivity (Wildman–Crippen MR) is 123 cm³/mol. The van der Waals surface area contributed by atoms with Gasteiger partial charge in [-0.25, -0.2) is 21.6 Å². The molecule has 2 aliphatic rings. The number of aliphatic hydroxyl groups excluding tert-OH is 1. The van der Waals surface area contributed by atoms with Gasteiger partial charge < -0.3 is 20.4 Å². The third kappa shape index (κ3) is 4.64. The number of nitrogens with zero attached hydrogens (tertiary/aromatic N) is 1. The highest BCUT2D eigenvalue weighted by atomic mass is 32.2. The fourth-order valence-electron chi connectivity index (χ4n) is 5.50. The van der Waals surface area contributed by atoms with E-state index in [9.17, 15) is 36.6 Å². The molecule has 1 amide bonds. The number of anilines is 2. The Labute approximate surface area is 201 Å². The van der Waals surface area contributed by atoms with Crippen molar-refractivity contribution in [3.05, 3.63) is 53.3 Å². The Hall–Kier alpha value is -2.63. The number of sulfone groups is 1. The van der Waals surface area contributed by atoms with Crippen LogP contribution in [0.3, 0.4) is 0 Å². The first-order chi connectivity index (χ1) is 16.4. The van der Waals surface area contributed by atoms with Crippen molar-refractivity contribution in [2.45, 2.75) is 41.4 Å². The monoisotopic (exact) mass is 512 g/mol. The van der Waals surface area contributed by atoms with Crippen molar-refractivity contribution in [2.75, 3.05) is 30.9 Å². The van der Waals surface area contributed by atoms with Crippen LogP contribution < -0.4 is 10.2 Å². The van der Waals surface area contributed by atoms with E-state index in [1.54, 1.807) is 19.0 Å². The summed E-state index contributed by atoms with van der Waals surface area (Å²) < 4.78 is 68.1. The fourth-order valence-corrected chi connectivity index (χ4v) is 8.11. The van der Waals surface area contributed by atoms with E-state index in [0.29, 0.717) is 30.7 Å². The predicted octanol–water partition coefficient (Wildman–Crippen LogP) is 3.11. The molecule has 2 atom stereocenters. The quantitative estimate of drug-likeness (QED) is 0.514. The SMILES string of the molecule is CN(C)c1ccc(C(=O)Nc2cc(F)c(F)c(F)c2)cc1S(=O)(=O)[C@H]1C2CCC1C[C@](O)(CO)C2. The van der Waals surface area contributed by atoms with E-state index in [4.69, 9.17) is 0 Å². The summed E-state index contributed by atoms with van der Waals surface area (Å²) in [6.07, 6.45) is 1.55. The molecule has 0 saturated heterocycles. The van der Waals surface area contributed by atoms with Crippen LogP contribution in [0.5, 0.6) is 0 Å². The largest absolute Gasteiger partial charge is 0.393 e. The summed E-state index contributed by atoms with van der Waals surface area (Å²) in [6, 6.07) is 5.35. The molecule has 2 aromatic rings. The molecule has 190 valence electrons. The Bertz CT molecular complexity index is 1230. The summed E-state index contributed by atoms with van der Waals surface area (Å²) in [7, 11) is -0.634. The zero-order valence-corrected chi connectivity index (χ0v) is 20.1. The first-order valence-electron chi connectivity index (χ1n) is 11.2. The van der Waals surface area contributed by atoms with Crippen LogP contribution in [-0.2, 0) is 9.84 Å². The Morgan fingerprint density at radius 1 is 1.09 bits per heavy atom. The second-order valence-electron chi connectivity index (χ2n) is 9.68. The molecule has 3 N–H and O–H groups in total. The zero-order chi connectivity index (χ0) is 25.7. The number of aliphatic hydroxyl groups is 2. The van der Waals surface area contributed by atoms with Gasteiger partial charge in [-0.05, 0) is 55.7 Å². The van der Waals surface area contributed by atoms with Gasteiger partial charge in [0.25, 0.3) is 5.91 Å². The molecule has 2 unspecified atom stereocenters. The lowest BCUT2D eigenvalue weighted by Crippen LogP contribution is -2.48. The van der Waals surface area contributed by atoms with Crippen LogP contribution in [0.25, 0.3) is 0 Å².